The maximum Gasteiger partial charge on any atom is 0.338 e. The Bertz CT molecular complexity index is 1080. The first kappa shape index (κ1) is 19.2. The van der Waals surface area contributed by atoms with Gasteiger partial charge in [0.15, 0.2) is 6.61 Å². The minimum absolute atomic E-state index is 0.313. The Balaban J connectivity index is 1.45. The average Bonchev–Trinajstić information content (AvgIpc) is 3.06. The fraction of sp³-hybridized carbons (Fsp3) is 0.333. The van der Waals surface area contributed by atoms with Crippen LogP contribution >= 0.6 is 0 Å². The van der Waals surface area contributed by atoms with Gasteiger partial charge in [0.2, 0.25) is 0 Å². The molecule has 0 spiro atoms. The summed E-state index contributed by atoms with van der Waals surface area (Å²) >= 11 is 0. The lowest BCUT2D eigenvalue weighted by Crippen LogP contribution is -2.21. The first-order valence-electron chi connectivity index (χ1n) is 10.1. The highest BCUT2D eigenvalue weighted by atomic mass is 16.5. The summed E-state index contributed by atoms with van der Waals surface area (Å²) in [6.45, 7) is 5.81. The Labute approximate surface area is 170 Å². The molecule has 1 atom stereocenters. The fourth-order valence-electron chi connectivity index (χ4n) is 4.12. The first-order chi connectivity index (χ1) is 13.9. The van der Waals surface area contributed by atoms with Crippen molar-refractivity contribution in [1.29, 1.82) is 0 Å². The number of ether oxygens (including phenoxy) is 1. The summed E-state index contributed by atoms with van der Waals surface area (Å²) in [6.07, 6.45) is 3.25. The predicted molar refractivity (Wildman–Crippen MR) is 114 cm³/mol. The van der Waals surface area contributed by atoms with Crippen molar-refractivity contribution < 1.29 is 14.3 Å². The van der Waals surface area contributed by atoms with Gasteiger partial charge in [-0.05, 0) is 73.9 Å². The summed E-state index contributed by atoms with van der Waals surface area (Å²) in [6, 6.07) is 11.4. The number of fused-ring (bicyclic) bond motifs is 3. The van der Waals surface area contributed by atoms with Crippen LogP contribution in [0.3, 0.4) is 0 Å². The number of carbonyl (C=O) groups is 2. The maximum absolute atomic E-state index is 12.5. The van der Waals surface area contributed by atoms with Crippen LogP contribution in [0.25, 0.3) is 10.9 Å². The summed E-state index contributed by atoms with van der Waals surface area (Å²) in [5.74, 6) is -0.183. The molecule has 1 aliphatic rings. The first-order valence-corrected chi connectivity index (χ1v) is 10.1. The zero-order chi connectivity index (χ0) is 20.5. The molecule has 0 saturated heterocycles. The van der Waals surface area contributed by atoms with Crippen molar-refractivity contribution >= 4 is 28.5 Å². The van der Waals surface area contributed by atoms with E-state index in [1.807, 2.05) is 44.2 Å². The number of benzene rings is 2. The summed E-state index contributed by atoms with van der Waals surface area (Å²) in [7, 11) is 0. The molecular weight excluding hydrogens is 364 g/mol. The number of carbonyl (C=O) groups excluding carboxylic acids is 2. The normalized spacial score (nSPS) is 15.8. The minimum atomic E-state index is -0.484. The monoisotopic (exact) mass is 390 g/mol. The molecule has 1 aliphatic carbocycles. The van der Waals surface area contributed by atoms with Crippen molar-refractivity contribution in [2.24, 2.45) is 5.92 Å². The molecule has 0 radical (unpaired) electrons. The van der Waals surface area contributed by atoms with Crippen LogP contribution in [0.2, 0.25) is 0 Å². The van der Waals surface area contributed by atoms with E-state index in [-0.39, 0.29) is 12.5 Å². The van der Waals surface area contributed by atoms with Gasteiger partial charge in [-0.2, -0.15) is 0 Å². The number of hydrogen-bond acceptors (Lipinski definition) is 3. The third kappa shape index (κ3) is 3.90. The third-order valence-corrected chi connectivity index (χ3v) is 5.75. The van der Waals surface area contributed by atoms with Crippen LogP contribution in [0.15, 0.2) is 36.4 Å². The van der Waals surface area contributed by atoms with Crippen molar-refractivity contribution in [3.05, 3.63) is 64.3 Å². The smallest absolute Gasteiger partial charge is 0.338 e. The Kier molecular flexibility index (Phi) is 5.14. The van der Waals surface area contributed by atoms with E-state index in [1.54, 1.807) is 6.07 Å². The van der Waals surface area contributed by atoms with Gasteiger partial charge < -0.3 is 15.0 Å². The van der Waals surface area contributed by atoms with Crippen molar-refractivity contribution in [3.63, 3.8) is 0 Å². The molecule has 1 aromatic heterocycles. The highest BCUT2D eigenvalue weighted by molar-refractivity contribution is 5.99. The van der Waals surface area contributed by atoms with Gasteiger partial charge >= 0.3 is 5.97 Å². The van der Waals surface area contributed by atoms with Gasteiger partial charge in [-0.15, -0.1) is 0 Å². The van der Waals surface area contributed by atoms with Gasteiger partial charge in [0.1, 0.15) is 0 Å². The van der Waals surface area contributed by atoms with Gasteiger partial charge in [0, 0.05) is 22.3 Å². The summed E-state index contributed by atoms with van der Waals surface area (Å²) in [5.41, 5.74) is 6.81. The highest BCUT2D eigenvalue weighted by Crippen LogP contribution is 2.32. The van der Waals surface area contributed by atoms with E-state index in [0.717, 1.165) is 40.6 Å². The molecule has 2 aromatic carbocycles. The van der Waals surface area contributed by atoms with Gasteiger partial charge in [-0.1, -0.05) is 25.1 Å². The SMILES string of the molecule is Cc1cccc(C)c1NC(=O)COC(=O)c1ccc2[nH]c3c(c2c1)CC(C)CC3. The lowest BCUT2D eigenvalue weighted by Gasteiger charge is -2.18. The van der Waals surface area contributed by atoms with Crippen molar-refractivity contribution in [3.8, 4) is 0 Å². The van der Waals surface area contributed by atoms with Crippen LogP contribution in [0.5, 0.6) is 0 Å². The van der Waals surface area contributed by atoms with E-state index in [2.05, 4.69) is 17.2 Å². The number of nitrogens with one attached hydrogen (secondary N) is 2. The molecule has 5 heteroatoms. The second-order valence-electron chi connectivity index (χ2n) is 8.08. The number of esters is 1. The van der Waals surface area contributed by atoms with E-state index in [4.69, 9.17) is 4.74 Å². The topological polar surface area (TPSA) is 71.2 Å². The molecule has 5 nitrogen and oxygen atoms in total. The van der Waals surface area contributed by atoms with E-state index in [0.29, 0.717) is 11.5 Å². The molecule has 0 saturated carbocycles. The van der Waals surface area contributed by atoms with Crippen LogP contribution in [0, 0.1) is 19.8 Å². The van der Waals surface area contributed by atoms with Crippen LogP contribution < -0.4 is 5.32 Å². The molecule has 0 aliphatic heterocycles. The van der Waals surface area contributed by atoms with E-state index < -0.39 is 5.97 Å². The van der Waals surface area contributed by atoms with Gasteiger partial charge in [0.25, 0.3) is 5.91 Å². The second kappa shape index (κ2) is 7.74. The molecule has 1 heterocycles. The third-order valence-electron chi connectivity index (χ3n) is 5.75. The molecule has 1 unspecified atom stereocenters. The average molecular weight is 390 g/mol. The zero-order valence-electron chi connectivity index (χ0n) is 17.1. The zero-order valence-corrected chi connectivity index (χ0v) is 17.1. The highest BCUT2D eigenvalue weighted by Gasteiger charge is 2.21. The molecule has 1 amide bonds. The number of aryl methyl sites for hydroxylation is 3. The maximum atomic E-state index is 12.5. The number of anilines is 1. The lowest BCUT2D eigenvalue weighted by atomic mass is 9.87. The Morgan fingerprint density at radius 1 is 1.17 bits per heavy atom. The van der Waals surface area contributed by atoms with Gasteiger partial charge in [-0.25, -0.2) is 4.79 Å². The molecule has 0 bridgehead atoms. The van der Waals surface area contributed by atoms with Crippen LogP contribution in [-0.2, 0) is 22.4 Å². The van der Waals surface area contributed by atoms with Gasteiger partial charge in [0.05, 0.1) is 5.56 Å². The fourth-order valence-corrected chi connectivity index (χ4v) is 4.12. The number of aromatic nitrogens is 1. The predicted octanol–water partition coefficient (Wildman–Crippen LogP) is 4.71. The number of rotatable bonds is 4. The minimum Gasteiger partial charge on any atom is -0.452 e. The van der Waals surface area contributed by atoms with Crippen LogP contribution in [-0.4, -0.2) is 23.5 Å². The molecule has 4 rings (SSSR count). The quantitative estimate of drug-likeness (QED) is 0.634. The van der Waals surface area contributed by atoms with Crippen molar-refractivity contribution in [2.45, 2.75) is 40.0 Å². The molecule has 0 fully saturated rings. The Morgan fingerprint density at radius 3 is 2.69 bits per heavy atom. The van der Waals surface area contributed by atoms with Crippen molar-refractivity contribution in [2.75, 3.05) is 11.9 Å². The molecule has 150 valence electrons. The molecular formula is C24H26N2O3. The van der Waals surface area contributed by atoms with E-state index >= 15 is 0 Å². The van der Waals surface area contributed by atoms with Crippen LogP contribution in [0.1, 0.15) is 46.1 Å². The standard InChI is InChI=1S/C24H26N2O3/c1-14-7-9-20-18(11-14)19-12-17(8-10-21(19)25-20)24(28)29-13-22(27)26-23-15(2)5-4-6-16(23)3/h4-6,8,10,12,14,25H,7,9,11,13H2,1-3H3,(H,26,27). The van der Waals surface area contributed by atoms with Crippen molar-refractivity contribution in [1.82, 2.24) is 4.98 Å². The summed E-state index contributed by atoms with van der Waals surface area (Å²) in [4.78, 5) is 28.3. The number of H-pyrrole nitrogens is 1. The van der Waals surface area contributed by atoms with E-state index in [1.165, 1.54) is 17.7 Å². The lowest BCUT2D eigenvalue weighted by molar-refractivity contribution is -0.119. The van der Waals surface area contributed by atoms with E-state index in [9.17, 15) is 9.59 Å². The summed E-state index contributed by atoms with van der Waals surface area (Å²) < 4.78 is 5.27. The molecule has 29 heavy (non-hydrogen) atoms. The second-order valence-corrected chi connectivity index (χ2v) is 8.08. The Morgan fingerprint density at radius 2 is 1.93 bits per heavy atom. The largest absolute Gasteiger partial charge is 0.452 e. The number of hydrogen-bond donors (Lipinski definition) is 2. The summed E-state index contributed by atoms with van der Waals surface area (Å²) in [5, 5.41) is 3.92. The molecule has 3 aromatic rings. The van der Waals surface area contributed by atoms with Crippen LogP contribution in [0.4, 0.5) is 5.69 Å². The van der Waals surface area contributed by atoms with Gasteiger partial charge in [-0.3, -0.25) is 4.79 Å². The molecule has 2 N–H and O–H groups in total. The number of aromatic amines is 1. The number of amides is 1. The number of para-hydroxylation sites is 1. The Hall–Kier alpha value is -3.08.